The van der Waals surface area contributed by atoms with Gasteiger partial charge in [0.05, 0.1) is 0 Å². The molecule has 0 atom stereocenters. The summed E-state index contributed by atoms with van der Waals surface area (Å²) in [5.74, 6) is 1.59. The van der Waals surface area contributed by atoms with Crippen LogP contribution in [0.5, 0.6) is 11.5 Å². The lowest BCUT2D eigenvalue weighted by atomic mass is 10.2. The Hall–Kier alpha value is -2.98. The molecule has 0 unspecified atom stereocenters. The maximum absolute atomic E-state index is 6.42. The second-order valence-corrected chi connectivity index (χ2v) is 16.2. The van der Waals surface area contributed by atoms with Crippen molar-refractivity contribution in [1.29, 1.82) is 0 Å². The minimum absolute atomic E-state index is 0.510. The minimum Gasteiger partial charge on any atom is -0.485 e. The molecule has 0 amide bonds. The number of fused-ring (bicyclic) bond motifs is 1. The van der Waals surface area contributed by atoms with Gasteiger partial charge >= 0.3 is 0 Å². The molecule has 0 aliphatic carbocycles. The van der Waals surface area contributed by atoms with Crippen LogP contribution in [-0.4, -0.2) is 12.5 Å². The number of nitrogens with zero attached hydrogens (tertiary/aromatic N) is 1. The maximum atomic E-state index is 6.42. The summed E-state index contributed by atoms with van der Waals surface area (Å²) in [4.78, 5) is 0. The van der Waals surface area contributed by atoms with Crippen molar-refractivity contribution in [3.8, 4) is 11.5 Å². The van der Waals surface area contributed by atoms with Crippen molar-refractivity contribution in [2.45, 2.75) is 71.4 Å². The molecule has 3 aromatic carbocycles. The van der Waals surface area contributed by atoms with Crippen LogP contribution >= 0.6 is 0 Å². The number of benzene rings is 3. The molecular formula is C31H39NO2Si. The third-order valence-corrected chi connectivity index (χ3v) is 14.2. The van der Waals surface area contributed by atoms with Gasteiger partial charge in [0, 0.05) is 17.0 Å². The van der Waals surface area contributed by atoms with Crippen LogP contribution in [0, 0.1) is 0 Å². The summed E-state index contributed by atoms with van der Waals surface area (Å²) in [7, 11) is -1.89. The van der Waals surface area contributed by atoms with Gasteiger partial charge in [0.2, 0.25) is 0 Å². The van der Waals surface area contributed by atoms with Crippen LogP contribution in [0.15, 0.2) is 85.1 Å². The zero-order chi connectivity index (χ0) is 25.0. The molecule has 0 aliphatic rings. The van der Waals surface area contributed by atoms with Crippen LogP contribution in [-0.2, 0) is 13.2 Å². The maximum Gasteiger partial charge on any atom is 0.169 e. The second-order valence-electron chi connectivity index (χ2n) is 10.4. The summed E-state index contributed by atoms with van der Waals surface area (Å²) in [5.41, 5.74) is 5.38. The van der Waals surface area contributed by atoms with Crippen molar-refractivity contribution in [2.75, 3.05) is 0 Å². The normalized spacial score (nSPS) is 12.1. The zero-order valence-corrected chi connectivity index (χ0v) is 23.0. The van der Waals surface area contributed by atoms with Gasteiger partial charge in [0.15, 0.2) is 19.7 Å². The Morgan fingerprint density at radius 1 is 0.629 bits per heavy atom. The van der Waals surface area contributed by atoms with E-state index in [4.69, 9.17) is 9.47 Å². The molecule has 0 radical (unpaired) electrons. The van der Waals surface area contributed by atoms with Gasteiger partial charge in [-0.1, -0.05) is 102 Å². The summed E-state index contributed by atoms with van der Waals surface area (Å²) in [6.45, 7) is 15.5. The molecule has 0 fully saturated rings. The van der Waals surface area contributed by atoms with Gasteiger partial charge < -0.3 is 13.7 Å². The number of hydrogen-bond donors (Lipinski definition) is 0. The van der Waals surface area contributed by atoms with Crippen molar-refractivity contribution < 1.29 is 9.47 Å². The highest BCUT2D eigenvalue weighted by Crippen LogP contribution is 2.45. The van der Waals surface area contributed by atoms with Gasteiger partial charge in [0.1, 0.15) is 13.2 Å². The van der Waals surface area contributed by atoms with E-state index >= 15 is 0 Å². The lowest BCUT2D eigenvalue weighted by molar-refractivity contribution is 0.256. The first kappa shape index (κ1) is 25.1. The van der Waals surface area contributed by atoms with Crippen LogP contribution in [0.1, 0.15) is 52.7 Å². The van der Waals surface area contributed by atoms with E-state index in [1.165, 1.54) is 10.9 Å². The summed E-state index contributed by atoms with van der Waals surface area (Å²) in [6.07, 6.45) is 2.32. The molecule has 0 spiro atoms. The topological polar surface area (TPSA) is 23.4 Å². The highest BCUT2D eigenvalue weighted by molar-refractivity contribution is 6.82. The molecule has 4 rings (SSSR count). The highest BCUT2D eigenvalue weighted by atomic mass is 28.3. The molecule has 0 saturated heterocycles. The fourth-order valence-corrected chi connectivity index (χ4v) is 12.6. The Morgan fingerprint density at radius 3 is 1.54 bits per heavy atom. The Morgan fingerprint density at radius 2 is 1.09 bits per heavy atom. The molecule has 4 aromatic rings. The van der Waals surface area contributed by atoms with Crippen LogP contribution in [0.25, 0.3) is 10.9 Å². The molecule has 1 heterocycles. The fraction of sp³-hybridized carbons (Fsp3) is 0.355. The van der Waals surface area contributed by atoms with Crippen molar-refractivity contribution in [2.24, 2.45) is 0 Å². The summed E-state index contributed by atoms with van der Waals surface area (Å²) >= 11 is 0. The molecule has 35 heavy (non-hydrogen) atoms. The molecule has 0 saturated carbocycles. The molecule has 4 heteroatoms. The largest absolute Gasteiger partial charge is 0.485 e. The number of rotatable bonds is 10. The minimum atomic E-state index is -1.89. The summed E-state index contributed by atoms with van der Waals surface area (Å²) < 4.78 is 15.4. The van der Waals surface area contributed by atoms with E-state index in [2.05, 4.69) is 94.4 Å². The van der Waals surface area contributed by atoms with Gasteiger partial charge in [-0.2, -0.15) is 0 Å². The van der Waals surface area contributed by atoms with E-state index in [-0.39, 0.29) is 0 Å². The molecule has 0 aliphatic heterocycles. The smallest absolute Gasteiger partial charge is 0.169 e. The van der Waals surface area contributed by atoms with Gasteiger partial charge in [-0.25, -0.2) is 0 Å². The Bertz CT molecular complexity index is 1210. The Balaban J connectivity index is 1.78. The van der Waals surface area contributed by atoms with Crippen molar-refractivity contribution in [1.82, 2.24) is 4.23 Å². The predicted molar refractivity (Wildman–Crippen MR) is 150 cm³/mol. The fourth-order valence-electron chi connectivity index (χ4n) is 6.01. The third-order valence-electron chi connectivity index (χ3n) is 7.42. The van der Waals surface area contributed by atoms with Crippen LogP contribution in [0.2, 0.25) is 16.6 Å². The molecule has 1 aromatic heterocycles. The molecule has 184 valence electrons. The lowest BCUT2D eigenvalue weighted by Gasteiger charge is -2.44. The van der Waals surface area contributed by atoms with Crippen LogP contribution in [0.4, 0.5) is 0 Å². The average molecular weight is 486 g/mol. The third kappa shape index (κ3) is 5.04. The molecule has 3 nitrogen and oxygen atoms in total. The van der Waals surface area contributed by atoms with Crippen LogP contribution in [0.3, 0.4) is 0 Å². The van der Waals surface area contributed by atoms with E-state index in [0.717, 1.165) is 22.6 Å². The van der Waals surface area contributed by atoms with Gasteiger partial charge in [-0.3, -0.25) is 0 Å². The van der Waals surface area contributed by atoms with Crippen LogP contribution < -0.4 is 9.47 Å². The SMILES string of the molecule is CC(C)[Si](C(C)C)(C(C)C)n1ccc2cc(OCc3ccccc3)c(OCc3ccccc3)cc21. The Labute approximate surface area is 211 Å². The molecule has 0 N–H and O–H groups in total. The summed E-state index contributed by atoms with van der Waals surface area (Å²) in [5, 5.41) is 1.21. The predicted octanol–water partition coefficient (Wildman–Crippen LogP) is 8.82. The van der Waals surface area contributed by atoms with Crippen molar-refractivity contribution >= 4 is 19.1 Å². The molecular weight excluding hydrogens is 446 g/mol. The second kappa shape index (κ2) is 10.7. The van der Waals surface area contributed by atoms with E-state index < -0.39 is 8.24 Å². The van der Waals surface area contributed by atoms with E-state index in [1.807, 2.05) is 36.4 Å². The zero-order valence-electron chi connectivity index (χ0n) is 22.0. The molecule has 0 bridgehead atoms. The number of aromatic nitrogens is 1. The number of hydrogen-bond acceptors (Lipinski definition) is 2. The highest BCUT2D eigenvalue weighted by Gasteiger charge is 2.45. The summed E-state index contributed by atoms with van der Waals surface area (Å²) in [6, 6.07) is 27.3. The monoisotopic (exact) mass is 485 g/mol. The van der Waals surface area contributed by atoms with E-state index in [9.17, 15) is 0 Å². The number of ether oxygens (including phenoxy) is 2. The first-order valence-electron chi connectivity index (χ1n) is 12.8. The lowest BCUT2D eigenvalue weighted by Crippen LogP contribution is -2.51. The standard InChI is InChI=1S/C31H39NO2Si/c1-23(2)35(24(3)4,25(5)6)32-18-17-28-19-30(33-21-26-13-9-7-10-14-26)31(20-29(28)32)34-22-27-15-11-8-12-16-27/h7-20,23-25H,21-22H2,1-6H3. The van der Waals surface area contributed by atoms with Gasteiger partial charge in [0.25, 0.3) is 0 Å². The first-order valence-corrected chi connectivity index (χ1v) is 15.0. The van der Waals surface area contributed by atoms with Gasteiger partial charge in [-0.05, 0) is 46.1 Å². The first-order chi connectivity index (χ1) is 16.8. The Kier molecular flexibility index (Phi) is 7.71. The van der Waals surface area contributed by atoms with Crippen molar-refractivity contribution in [3.63, 3.8) is 0 Å². The quantitative estimate of drug-likeness (QED) is 0.209. The average Bonchev–Trinajstić information content (AvgIpc) is 3.25. The van der Waals surface area contributed by atoms with Gasteiger partial charge in [-0.15, -0.1) is 0 Å². The van der Waals surface area contributed by atoms with Crippen molar-refractivity contribution in [3.05, 3.63) is 96.2 Å². The van der Waals surface area contributed by atoms with E-state index in [0.29, 0.717) is 29.8 Å². The van der Waals surface area contributed by atoms with E-state index in [1.54, 1.807) is 0 Å².